The van der Waals surface area contributed by atoms with Crippen LogP contribution in [0, 0.1) is 5.92 Å². The van der Waals surface area contributed by atoms with Gasteiger partial charge >= 0.3 is 5.97 Å². The number of hydrogen-bond donors (Lipinski definition) is 2. The molecule has 1 heterocycles. The maximum Gasteiger partial charge on any atom is 0.326 e. The van der Waals surface area contributed by atoms with Crippen molar-refractivity contribution in [3.05, 3.63) is 42.1 Å². The van der Waals surface area contributed by atoms with E-state index in [1.807, 2.05) is 32.0 Å². The van der Waals surface area contributed by atoms with Gasteiger partial charge in [0, 0.05) is 11.6 Å². The zero-order chi connectivity index (χ0) is 15.4. The van der Waals surface area contributed by atoms with Crippen molar-refractivity contribution in [2.24, 2.45) is 5.92 Å². The van der Waals surface area contributed by atoms with Crippen LogP contribution in [0.25, 0.3) is 10.9 Å². The molecular formula is C16H18N2O3. The minimum Gasteiger partial charge on any atom is -0.480 e. The molecule has 0 aliphatic heterocycles. The van der Waals surface area contributed by atoms with E-state index < -0.39 is 12.0 Å². The minimum absolute atomic E-state index is 0.181. The quantitative estimate of drug-likeness (QED) is 0.885. The van der Waals surface area contributed by atoms with E-state index in [-0.39, 0.29) is 11.8 Å². The molecule has 0 spiro atoms. The molecule has 5 heteroatoms. The van der Waals surface area contributed by atoms with Crippen LogP contribution in [0.5, 0.6) is 0 Å². The molecular weight excluding hydrogens is 268 g/mol. The first-order valence-corrected chi connectivity index (χ1v) is 6.86. The molecule has 5 nitrogen and oxygen atoms in total. The number of aromatic nitrogens is 1. The van der Waals surface area contributed by atoms with Crippen molar-refractivity contribution in [2.75, 3.05) is 0 Å². The van der Waals surface area contributed by atoms with Gasteiger partial charge in [0.05, 0.1) is 11.1 Å². The fourth-order valence-corrected chi connectivity index (χ4v) is 2.22. The van der Waals surface area contributed by atoms with Gasteiger partial charge in [0.2, 0.25) is 0 Å². The van der Waals surface area contributed by atoms with Gasteiger partial charge in [-0.05, 0) is 24.5 Å². The largest absolute Gasteiger partial charge is 0.480 e. The maximum atomic E-state index is 12.4. The van der Waals surface area contributed by atoms with Crippen LogP contribution in [-0.2, 0) is 4.79 Å². The molecule has 0 bridgehead atoms. The first-order valence-electron chi connectivity index (χ1n) is 6.86. The maximum absolute atomic E-state index is 12.4. The van der Waals surface area contributed by atoms with E-state index >= 15 is 0 Å². The minimum atomic E-state index is -1.02. The normalized spacial score (nSPS) is 12.3. The third kappa shape index (κ3) is 3.56. The summed E-state index contributed by atoms with van der Waals surface area (Å²) in [4.78, 5) is 27.8. The third-order valence-corrected chi connectivity index (χ3v) is 3.20. The standard InChI is InChI=1S/C16H18N2O3/c1-10(2)9-14(16(20)21)18-15(19)12-7-8-17-13-6-4-3-5-11(12)13/h3-8,10,14H,9H2,1-2H3,(H,18,19)(H,20,21)/t14-/m1/s1. The predicted octanol–water partition coefficient (Wildman–Crippen LogP) is 2.46. The van der Waals surface area contributed by atoms with Crippen LogP contribution in [0.1, 0.15) is 30.6 Å². The van der Waals surface area contributed by atoms with E-state index in [0.717, 1.165) is 0 Å². The Labute approximate surface area is 123 Å². The van der Waals surface area contributed by atoms with E-state index in [0.29, 0.717) is 22.9 Å². The van der Waals surface area contributed by atoms with Gasteiger partial charge in [-0.2, -0.15) is 0 Å². The molecule has 0 aliphatic rings. The molecule has 2 N–H and O–H groups in total. The van der Waals surface area contributed by atoms with E-state index in [4.69, 9.17) is 0 Å². The number of nitrogens with one attached hydrogen (secondary N) is 1. The molecule has 21 heavy (non-hydrogen) atoms. The number of para-hydroxylation sites is 1. The summed E-state index contributed by atoms with van der Waals surface area (Å²) < 4.78 is 0. The topological polar surface area (TPSA) is 79.3 Å². The number of carbonyl (C=O) groups excluding carboxylic acids is 1. The van der Waals surface area contributed by atoms with Crippen molar-refractivity contribution >= 4 is 22.8 Å². The van der Waals surface area contributed by atoms with Gasteiger partial charge in [-0.25, -0.2) is 4.79 Å². The summed E-state index contributed by atoms with van der Waals surface area (Å²) in [5, 5.41) is 12.5. The summed E-state index contributed by atoms with van der Waals surface area (Å²) in [6.07, 6.45) is 1.94. The van der Waals surface area contributed by atoms with Gasteiger partial charge in [0.15, 0.2) is 0 Å². The van der Waals surface area contributed by atoms with Crippen LogP contribution >= 0.6 is 0 Å². The molecule has 0 radical (unpaired) electrons. The molecule has 110 valence electrons. The Morgan fingerprint density at radius 3 is 2.62 bits per heavy atom. The Morgan fingerprint density at radius 2 is 1.95 bits per heavy atom. The Balaban J connectivity index is 2.27. The molecule has 1 aromatic carbocycles. The van der Waals surface area contributed by atoms with E-state index in [1.165, 1.54) is 0 Å². The SMILES string of the molecule is CC(C)C[C@@H](NC(=O)c1ccnc2ccccc12)C(=O)O. The van der Waals surface area contributed by atoms with Gasteiger partial charge in [0.1, 0.15) is 6.04 Å². The van der Waals surface area contributed by atoms with Crippen LogP contribution in [0.3, 0.4) is 0 Å². The second-order valence-electron chi connectivity index (χ2n) is 5.37. The van der Waals surface area contributed by atoms with E-state index in [1.54, 1.807) is 18.3 Å². The third-order valence-electron chi connectivity index (χ3n) is 3.20. The molecule has 0 aliphatic carbocycles. The first kappa shape index (κ1) is 15.0. The van der Waals surface area contributed by atoms with Crippen LogP contribution in [0.4, 0.5) is 0 Å². The summed E-state index contributed by atoms with van der Waals surface area (Å²) in [5.74, 6) is -1.22. The number of carbonyl (C=O) groups is 2. The van der Waals surface area contributed by atoms with Gasteiger partial charge < -0.3 is 10.4 Å². The lowest BCUT2D eigenvalue weighted by Gasteiger charge is -2.17. The fraction of sp³-hybridized carbons (Fsp3) is 0.312. The number of hydrogen-bond acceptors (Lipinski definition) is 3. The average Bonchev–Trinajstić information content (AvgIpc) is 2.45. The molecule has 0 saturated heterocycles. The van der Waals surface area contributed by atoms with Gasteiger partial charge in [-0.15, -0.1) is 0 Å². The van der Waals surface area contributed by atoms with Gasteiger partial charge in [0.25, 0.3) is 5.91 Å². The monoisotopic (exact) mass is 286 g/mol. The molecule has 0 fully saturated rings. The number of fused-ring (bicyclic) bond motifs is 1. The zero-order valence-electron chi connectivity index (χ0n) is 12.0. The molecule has 2 rings (SSSR count). The number of nitrogens with zero attached hydrogens (tertiary/aromatic N) is 1. The number of amides is 1. The van der Waals surface area contributed by atoms with Crippen molar-refractivity contribution in [3.63, 3.8) is 0 Å². The van der Waals surface area contributed by atoms with Crippen molar-refractivity contribution in [2.45, 2.75) is 26.3 Å². The lowest BCUT2D eigenvalue weighted by atomic mass is 10.0. The number of carboxylic acids is 1. The summed E-state index contributed by atoms with van der Waals surface area (Å²) >= 11 is 0. The van der Waals surface area contributed by atoms with Crippen molar-refractivity contribution in [3.8, 4) is 0 Å². The van der Waals surface area contributed by atoms with Crippen LogP contribution in [0.15, 0.2) is 36.5 Å². The zero-order valence-corrected chi connectivity index (χ0v) is 12.0. The highest BCUT2D eigenvalue weighted by Gasteiger charge is 2.22. The van der Waals surface area contributed by atoms with E-state index in [2.05, 4.69) is 10.3 Å². The highest BCUT2D eigenvalue weighted by Crippen LogP contribution is 2.16. The van der Waals surface area contributed by atoms with Crippen LogP contribution in [0.2, 0.25) is 0 Å². The highest BCUT2D eigenvalue weighted by molar-refractivity contribution is 6.06. The lowest BCUT2D eigenvalue weighted by Crippen LogP contribution is -2.41. The average molecular weight is 286 g/mol. The van der Waals surface area contributed by atoms with Crippen molar-refractivity contribution < 1.29 is 14.7 Å². The fourth-order valence-electron chi connectivity index (χ4n) is 2.22. The second-order valence-corrected chi connectivity index (χ2v) is 5.37. The van der Waals surface area contributed by atoms with E-state index in [9.17, 15) is 14.7 Å². The second kappa shape index (κ2) is 6.35. The molecule has 1 amide bonds. The first-order chi connectivity index (χ1) is 9.99. The van der Waals surface area contributed by atoms with Crippen LogP contribution < -0.4 is 5.32 Å². The number of aliphatic carboxylic acids is 1. The molecule has 1 atom stereocenters. The highest BCUT2D eigenvalue weighted by atomic mass is 16.4. The smallest absolute Gasteiger partial charge is 0.326 e. The Kier molecular flexibility index (Phi) is 4.52. The van der Waals surface area contributed by atoms with Gasteiger partial charge in [-0.3, -0.25) is 9.78 Å². The summed E-state index contributed by atoms with van der Waals surface area (Å²) in [6, 6.07) is 8.00. The summed E-state index contributed by atoms with van der Waals surface area (Å²) in [5.41, 5.74) is 1.15. The number of benzene rings is 1. The number of rotatable bonds is 5. The summed E-state index contributed by atoms with van der Waals surface area (Å²) in [7, 11) is 0. The van der Waals surface area contributed by atoms with Crippen molar-refractivity contribution in [1.82, 2.24) is 10.3 Å². The van der Waals surface area contributed by atoms with Gasteiger partial charge in [-0.1, -0.05) is 32.0 Å². The summed E-state index contributed by atoms with van der Waals surface area (Å²) in [6.45, 7) is 3.84. The molecule has 2 aromatic rings. The molecule has 0 saturated carbocycles. The van der Waals surface area contributed by atoms with Crippen molar-refractivity contribution in [1.29, 1.82) is 0 Å². The Hall–Kier alpha value is -2.43. The van der Waals surface area contributed by atoms with Crippen LogP contribution in [-0.4, -0.2) is 28.0 Å². The lowest BCUT2D eigenvalue weighted by molar-refractivity contribution is -0.139. The molecule has 0 unspecified atom stereocenters. The number of pyridine rings is 1. The Morgan fingerprint density at radius 1 is 1.24 bits per heavy atom. The predicted molar refractivity (Wildman–Crippen MR) is 80.1 cm³/mol. The Bertz CT molecular complexity index is 662. The molecule has 1 aromatic heterocycles. The number of carboxylic acid groups (broad SMARTS) is 1.